The predicted molar refractivity (Wildman–Crippen MR) is 88.9 cm³/mol. The van der Waals surface area contributed by atoms with Gasteiger partial charge >= 0.3 is 5.97 Å². The average molecular weight is 311 g/mol. The third-order valence-corrected chi connectivity index (χ3v) is 3.70. The fourth-order valence-corrected chi connectivity index (χ4v) is 2.21. The molecule has 0 bridgehead atoms. The molecule has 1 amide bonds. The van der Waals surface area contributed by atoms with Gasteiger partial charge in [-0.05, 0) is 36.1 Å². The molecule has 4 heteroatoms. The Hall–Kier alpha value is -2.62. The van der Waals surface area contributed by atoms with Crippen molar-refractivity contribution in [1.82, 2.24) is 5.32 Å². The SMILES string of the molecule is Cc1ccccc1CNC(=O)COC(=O)Cc1ccccc1C. The lowest BCUT2D eigenvalue weighted by atomic mass is 10.1. The van der Waals surface area contributed by atoms with Gasteiger partial charge in [0, 0.05) is 6.54 Å². The van der Waals surface area contributed by atoms with E-state index in [1.165, 1.54) is 0 Å². The third kappa shape index (κ3) is 5.25. The van der Waals surface area contributed by atoms with Gasteiger partial charge in [-0.25, -0.2) is 0 Å². The van der Waals surface area contributed by atoms with Crippen LogP contribution in [0.3, 0.4) is 0 Å². The fourth-order valence-electron chi connectivity index (χ4n) is 2.21. The molecule has 0 atom stereocenters. The Morgan fingerprint density at radius 1 is 0.913 bits per heavy atom. The molecule has 0 saturated heterocycles. The number of aryl methyl sites for hydroxylation is 2. The van der Waals surface area contributed by atoms with Crippen molar-refractivity contribution in [2.75, 3.05) is 6.61 Å². The van der Waals surface area contributed by atoms with Gasteiger partial charge in [-0.15, -0.1) is 0 Å². The molecule has 0 radical (unpaired) electrons. The molecule has 0 fully saturated rings. The summed E-state index contributed by atoms with van der Waals surface area (Å²) in [6.45, 7) is 4.11. The van der Waals surface area contributed by atoms with Crippen LogP contribution in [0.15, 0.2) is 48.5 Å². The number of hydrogen-bond acceptors (Lipinski definition) is 3. The average Bonchev–Trinajstić information content (AvgIpc) is 2.54. The summed E-state index contributed by atoms with van der Waals surface area (Å²) in [5.74, 6) is -0.697. The lowest BCUT2D eigenvalue weighted by Crippen LogP contribution is -2.29. The van der Waals surface area contributed by atoms with E-state index in [9.17, 15) is 9.59 Å². The predicted octanol–water partition coefficient (Wildman–Crippen LogP) is 2.71. The van der Waals surface area contributed by atoms with Gasteiger partial charge in [0.05, 0.1) is 6.42 Å². The summed E-state index contributed by atoms with van der Waals surface area (Å²) in [5.41, 5.74) is 4.11. The van der Waals surface area contributed by atoms with Crippen LogP contribution in [0.5, 0.6) is 0 Å². The van der Waals surface area contributed by atoms with Gasteiger partial charge in [0.25, 0.3) is 5.91 Å². The zero-order valence-corrected chi connectivity index (χ0v) is 13.5. The minimum absolute atomic E-state index is 0.178. The van der Waals surface area contributed by atoms with Gasteiger partial charge < -0.3 is 10.1 Å². The standard InChI is InChI=1S/C19H21NO3/c1-14-7-3-5-9-16(14)11-19(22)23-13-18(21)20-12-17-10-6-4-8-15(17)2/h3-10H,11-13H2,1-2H3,(H,20,21). The van der Waals surface area contributed by atoms with E-state index in [-0.39, 0.29) is 18.9 Å². The van der Waals surface area contributed by atoms with Crippen molar-refractivity contribution in [2.45, 2.75) is 26.8 Å². The molecule has 2 aromatic rings. The summed E-state index contributed by atoms with van der Waals surface area (Å²) < 4.78 is 5.03. The maximum Gasteiger partial charge on any atom is 0.310 e. The van der Waals surface area contributed by atoms with E-state index in [0.29, 0.717) is 6.54 Å². The van der Waals surface area contributed by atoms with Crippen molar-refractivity contribution in [3.8, 4) is 0 Å². The van der Waals surface area contributed by atoms with Crippen LogP contribution in [0.25, 0.3) is 0 Å². The minimum Gasteiger partial charge on any atom is -0.455 e. The number of nitrogens with one attached hydrogen (secondary N) is 1. The number of esters is 1. The molecule has 0 heterocycles. The lowest BCUT2D eigenvalue weighted by Gasteiger charge is -2.09. The number of carbonyl (C=O) groups is 2. The Kier molecular flexibility index (Phi) is 5.92. The molecule has 1 N–H and O–H groups in total. The quantitative estimate of drug-likeness (QED) is 0.835. The second-order valence-corrected chi connectivity index (χ2v) is 5.47. The maximum atomic E-state index is 11.8. The Bertz CT molecular complexity index is 695. The molecule has 0 aromatic heterocycles. The van der Waals surface area contributed by atoms with Crippen molar-refractivity contribution in [3.63, 3.8) is 0 Å². The summed E-state index contributed by atoms with van der Waals surface area (Å²) in [6.07, 6.45) is 0.178. The van der Waals surface area contributed by atoms with Crippen molar-refractivity contribution in [3.05, 3.63) is 70.8 Å². The van der Waals surface area contributed by atoms with Gasteiger partial charge in [0.1, 0.15) is 0 Å². The molecule has 23 heavy (non-hydrogen) atoms. The van der Waals surface area contributed by atoms with Crippen LogP contribution in [0, 0.1) is 13.8 Å². The van der Waals surface area contributed by atoms with Crippen molar-refractivity contribution < 1.29 is 14.3 Å². The molecule has 0 aliphatic heterocycles. The van der Waals surface area contributed by atoms with Gasteiger partial charge in [0.2, 0.25) is 0 Å². The van der Waals surface area contributed by atoms with Gasteiger partial charge in [-0.1, -0.05) is 48.5 Å². The van der Waals surface area contributed by atoms with E-state index < -0.39 is 5.97 Å². The van der Waals surface area contributed by atoms with Crippen LogP contribution in [-0.4, -0.2) is 18.5 Å². The van der Waals surface area contributed by atoms with Crippen LogP contribution in [0.2, 0.25) is 0 Å². The summed E-state index contributed by atoms with van der Waals surface area (Å²) in [4.78, 5) is 23.6. The third-order valence-electron chi connectivity index (χ3n) is 3.70. The normalized spacial score (nSPS) is 10.2. The van der Waals surface area contributed by atoms with Gasteiger partial charge in [-0.3, -0.25) is 9.59 Å². The van der Waals surface area contributed by atoms with Crippen LogP contribution in [0.1, 0.15) is 22.3 Å². The Labute approximate surface area is 136 Å². The number of hydrogen-bond donors (Lipinski definition) is 1. The first kappa shape index (κ1) is 16.7. The molecule has 0 aliphatic carbocycles. The zero-order chi connectivity index (χ0) is 16.7. The Morgan fingerprint density at radius 3 is 2.09 bits per heavy atom. The van der Waals surface area contributed by atoms with Crippen molar-refractivity contribution in [2.24, 2.45) is 0 Å². The van der Waals surface area contributed by atoms with Crippen molar-refractivity contribution >= 4 is 11.9 Å². The Morgan fingerprint density at radius 2 is 1.48 bits per heavy atom. The first-order valence-corrected chi connectivity index (χ1v) is 7.57. The molecule has 4 nitrogen and oxygen atoms in total. The summed E-state index contributed by atoms with van der Waals surface area (Å²) in [7, 11) is 0. The molecule has 0 aliphatic rings. The number of rotatable bonds is 6. The summed E-state index contributed by atoms with van der Waals surface area (Å²) in [5, 5.41) is 2.75. The van der Waals surface area contributed by atoms with Crippen LogP contribution in [-0.2, 0) is 27.3 Å². The molecule has 2 rings (SSSR count). The van der Waals surface area contributed by atoms with E-state index in [4.69, 9.17) is 4.74 Å². The molecule has 0 saturated carbocycles. The molecular formula is C19H21NO3. The van der Waals surface area contributed by atoms with E-state index >= 15 is 0 Å². The highest BCUT2D eigenvalue weighted by Gasteiger charge is 2.10. The highest BCUT2D eigenvalue weighted by molar-refractivity contribution is 5.81. The number of carbonyl (C=O) groups excluding carboxylic acids is 2. The van der Waals surface area contributed by atoms with Crippen LogP contribution in [0.4, 0.5) is 0 Å². The number of benzene rings is 2. The largest absolute Gasteiger partial charge is 0.455 e. The molecular weight excluding hydrogens is 290 g/mol. The molecule has 0 unspecified atom stereocenters. The maximum absolute atomic E-state index is 11.8. The van der Waals surface area contributed by atoms with E-state index in [1.807, 2.05) is 62.4 Å². The first-order valence-electron chi connectivity index (χ1n) is 7.57. The van der Waals surface area contributed by atoms with Crippen molar-refractivity contribution in [1.29, 1.82) is 0 Å². The van der Waals surface area contributed by atoms with Gasteiger partial charge in [0.15, 0.2) is 6.61 Å². The molecule has 0 spiro atoms. The van der Waals surface area contributed by atoms with Crippen LogP contribution < -0.4 is 5.32 Å². The zero-order valence-electron chi connectivity index (χ0n) is 13.5. The topological polar surface area (TPSA) is 55.4 Å². The second-order valence-electron chi connectivity index (χ2n) is 5.47. The molecule has 2 aromatic carbocycles. The smallest absolute Gasteiger partial charge is 0.310 e. The van der Waals surface area contributed by atoms with E-state index in [0.717, 1.165) is 22.3 Å². The number of amides is 1. The van der Waals surface area contributed by atoms with Gasteiger partial charge in [-0.2, -0.15) is 0 Å². The number of ether oxygens (including phenoxy) is 1. The lowest BCUT2D eigenvalue weighted by molar-refractivity contribution is -0.147. The second kappa shape index (κ2) is 8.13. The monoisotopic (exact) mass is 311 g/mol. The van der Waals surface area contributed by atoms with E-state index in [2.05, 4.69) is 5.32 Å². The van der Waals surface area contributed by atoms with Crippen LogP contribution >= 0.6 is 0 Å². The van der Waals surface area contributed by atoms with E-state index in [1.54, 1.807) is 0 Å². The fraction of sp³-hybridized carbons (Fsp3) is 0.263. The highest BCUT2D eigenvalue weighted by Crippen LogP contribution is 2.08. The minimum atomic E-state index is -0.398. The highest BCUT2D eigenvalue weighted by atomic mass is 16.5. The Balaban J connectivity index is 1.75. The molecule has 120 valence electrons. The summed E-state index contributed by atoms with van der Waals surface area (Å²) >= 11 is 0. The summed E-state index contributed by atoms with van der Waals surface area (Å²) in [6, 6.07) is 15.5. The first-order chi connectivity index (χ1) is 11.1.